The van der Waals surface area contributed by atoms with Crippen LogP contribution in [-0.2, 0) is 20.9 Å². The number of nitrogens with one attached hydrogen (secondary N) is 1. The first kappa shape index (κ1) is 21.7. The third-order valence-corrected chi connectivity index (χ3v) is 3.91. The quantitative estimate of drug-likeness (QED) is 0.512. The van der Waals surface area contributed by atoms with Crippen LogP contribution in [0.4, 0.5) is 4.39 Å². The molecule has 29 heavy (non-hydrogen) atoms. The molecule has 0 saturated carbocycles. The molecule has 0 heterocycles. The number of hydrogen-bond donors (Lipinski definition) is 1. The van der Waals surface area contributed by atoms with Gasteiger partial charge in [0.1, 0.15) is 11.6 Å². The highest BCUT2D eigenvalue weighted by atomic mass is 19.1. The number of esters is 1. The van der Waals surface area contributed by atoms with E-state index in [-0.39, 0.29) is 12.1 Å². The molecule has 0 aliphatic heterocycles. The average molecular weight is 403 g/mol. The van der Waals surface area contributed by atoms with Crippen molar-refractivity contribution in [2.75, 3.05) is 27.9 Å². The van der Waals surface area contributed by atoms with Gasteiger partial charge >= 0.3 is 5.97 Å². The summed E-state index contributed by atoms with van der Waals surface area (Å²) in [6.07, 6.45) is 2.34. The standard InChI is InChI=1S/C21H22FNO6/c1-26-17-11-19(28-3)18(27-2)10-15(17)12-23-20(24)13-29-21(25)9-8-14-6-4-5-7-16(14)22/h4-11H,12-13H2,1-3H3,(H,23,24)/b9-8+. The molecule has 0 aliphatic carbocycles. The first-order chi connectivity index (χ1) is 14.0. The molecule has 0 saturated heterocycles. The van der Waals surface area contributed by atoms with Gasteiger partial charge in [0, 0.05) is 29.8 Å². The molecule has 0 fully saturated rings. The zero-order valence-electron chi connectivity index (χ0n) is 16.4. The summed E-state index contributed by atoms with van der Waals surface area (Å²) < 4.78 is 34.1. The number of ether oxygens (including phenoxy) is 4. The van der Waals surface area contributed by atoms with Gasteiger partial charge in [-0.25, -0.2) is 9.18 Å². The molecule has 0 aromatic heterocycles. The van der Waals surface area contributed by atoms with E-state index in [0.717, 1.165) is 6.08 Å². The van der Waals surface area contributed by atoms with Gasteiger partial charge in [-0.15, -0.1) is 0 Å². The molecule has 0 radical (unpaired) electrons. The van der Waals surface area contributed by atoms with Crippen LogP contribution in [0.15, 0.2) is 42.5 Å². The molecule has 2 aromatic rings. The minimum atomic E-state index is -0.757. The van der Waals surface area contributed by atoms with Gasteiger partial charge in [0.2, 0.25) is 0 Å². The van der Waals surface area contributed by atoms with Crippen LogP contribution in [0.1, 0.15) is 11.1 Å². The van der Waals surface area contributed by atoms with Crippen molar-refractivity contribution in [3.8, 4) is 17.2 Å². The Morgan fingerprint density at radius 1 is 1.00 bits per heavy atom. The Hall–Kier alpha value is -3.55. The van der Waals surface area contributed by atoms with Crippen LogP contribution in [0, 0.1) is 5.82 Å². The number of carbonyl (C=O) groups is 2. The van der Waals surface area contributed by atoms with Crippen molar-refractivity contribution >= 4 is 18.0 Å². The lowest BCUT2D eigenvalue weighted by Crippen LogP contribution is -2.28. The topological polar surface area (TPSA) is 83.1 Å². The minimum Gasteiger partial charge on any atom is -0.496 e. The van der Waals surface area contributed by atoms with Gasteiger partial charge in [-0.1, -0.05) is 18.2 Å². The second-order valence-corrected chi connectivity index (χ2v) is 5.76. The molecule has 154 valence electrons. The molecule has 0 spiro atoms. The summed E-state index contributed by atoms with van der Waals surface area (Å²) in [5.41, 5.74) is 0.902. The van der Waals surface area contributed by atoms with Crippen LogP contribution >= 0.6 is 0 Å². The van der Waals surface area contributed by atoms with Crippen LogP contribution in [0.5, 0.6) is 17.2 Å². The molecule has 0 aliphatic rings. The fourth-order valence-corrected chi connectivity index (χ4v) is 2.43. The number of rotatable bonds is 9. The molecule has 0 bridgehead atoms. The van der Waals surface area contributed by atoms with Gasteiger partial charge in [0.05, 0.1) is 21.3 Å². The summed E-state index contributed by atoms with van der Waals surface area (Å²) in [6.45, 7) is -0.346. The molecule has 2 rings (SSSR count). The van der Waals surface area contributed by atoms with Gasteiger partial charge in [-0.05, 0) is 18.2 Å². The summed E-state index contributed by atoms with van der Waals surface area (Å²) in [5.74, 6) is -0.232. The number of halogens is 1. The number of hydrogen-bond acceptors (Lipinski definition) is 6. The van der Waals surface area contributed by atoms with Crippen molar-refractivity contribution in [1.82, 2.24) is 5.32 Å². The highest BCUT2D eigenvalue weighted by molar-refractivity contribution is 5.89. The largest absolute Gasteiger partial charge is 0.496 e. The first-order valence-corrected chi connectivity index (χ1v) is 8.63. The van der Waals surface area contributed by atoms with Crippen LogP contribution in [0.2, 0.25) is 0 Å². The number of amides is 1. The average Bonchev–Trinajstić information content (AvgIpc) is 2.74. The lowest BCUT2D eigenvalue weighted by Gasteiger charge is -2.14. The molecule has 8 heteroatoms. The predicted molar refractivity (Wildman–Crippen MR) is 104 cm³/mol. The SMILES string of the molecule is COc1cc(OC)c(OC)cc1CNC(=O)COC(=O)/C=C/c1ccccc1F. The Labute approximate surface area is 168 Å². The zero-order chi connectivity index (χ0) is 21.2. The Morgan fingerprint density at radius 3 is 2.31 bits per heavy atom. The van der Waals surface area contributed by atoms with E-state index in [1.54, 1.807) is 24.3 Å². The van der Waals surface area contributed by atoms with Crippen LogP contribution < -0.4 is 19.5 Å². The number of methoxy groups -OCH3 is 3. The lowest BCUT2D eigenvalue weighted by molar-refractivity contribution is -0.143. The van der Waals surface area contributed by atoms with Crippen molar-refractivity contribution in [1.29, 1.82) is 0 Å². The first-order valence-electron chi connectivity index (χ1n) is 8.63. The molecule has 1 N–H and O–H groups in total. The molecular formula is C21H22FNO6. The van der Waals surface area contributed by atoms with Crippen molar-refractivity contribution in [3.05, 3.63) is 59.4 Å². The lowest BCUT2D eigenvalue weighted by atomic mass is 10.1. The highest BCUT2D eigenvalue weighted by Gasteiger charge is 2.13. The summed E-state index contributed by atoms with van der Waals surface area (Å²) in [4.78, 5) is 23.7. The van der Waals surface area contributed by atoms with E-state index in [1.807, 2.05) is 0 Å². The summed E-state index contributed by atoms with van der Waals surface area (Å²) >= 11 is 0. The maximum atomic E-state index is 13.5. The minimum absolute atomic E-state index is 0.130. The Balaban J connectivity index is 1.88. The van der Waals surface area contributed by atoms with Crippen LogP contribution in [0.25, 0.3) is 6.08 Å². The van der Waals surface area contributed by atoms with Gasteiger partial charge < -0.3 is 24.3 Å². The summed E-state index contributed by atoms with van der Waals surface area (Å²) in [7, 11) is 4.50. The van der Waals surface area contributed by atoms with E-state index in [1.165, 1.54) is 39.5 Å². The van der Waals surface area contributed by atoms with E-state index in [4.69, 9.17) is 18.9 Å². The van der Waals surface area contributed by atoms with Crippen molar-refractivity contribution in [3.63, 3.8) is 0 Å². The van der Waals surface area contributed by atoms with Gasteiger partial charge in [0.15, 0.2) is 18.1 Å². The fourth-order valence-electron chi connectivity index (χ4n) is 2.43. The normalized spacial score (nSPS) is 10.5. The third-order valence-electron chi connectivity index (χ3n) is 3.91. The maximum absolute atomic E-state index is 13.5. The van der Waals surface area contributed by atoms with Crippen molar-refractivity contribution in [2.24, 2.45) is 0 Å². The second kappa shape index (κ2) is 10.7. The summed E-state index contributed by atoms with van der Waals surface area (Å²) in [6, 6.07) is 9.31. The zero-order valence-corrected chi connectivity index (χ0v) is 16.4. The monoisotopic (exact) mass is 403 g/mol. The van der Waals surface area contributed by atoms with Crippen LogP contribution in [0.3, 0.4) is 0 Å². The smallest absolute Gasteiger partial charge is 0.331 e. The molecule has 1 amide bonds. The van der Waals surface area contributed by atoms with E-state index >= 15 is 0 Å². The van der Waals surface area contributed by atoms with E-state index in [9.17, 15) is 14.0 Å². The Bertz CT molecular complexity index is 897. The third kappa shape index (κ3) is 6.24. The van der Waals surface area contributed by atoms with Crippen molar-refractivity contribution in [2.45, 2.75) is 6.54 Å². The summed E-state index contributed by atoms with van der Waals surface area (Å²) in [5, 5.41) is 2.62. The maximum Gasteiger partial charge on any atom is 0.331 e. The molecule has 2 aromatic carbocycles. The van der Waals surface area contributed by atoms with Crippen molar-refractivity contribution < 1.29 is 32.9 Å². The Morgan fingerprint density at radius 2 is 1.66 bits per heavy atom. The van der Waals surface area contributed by atoms with Crippen LogP contribution in [-0.4, -0.2) is 39.8 Å². The Kier molecular flexibility index (Phi) is 8.02. The second-order valence-electron chi connectivity index (χ2n) is 5.76. The highest BCUT2D eigenvalue weighted by Crippen LogP contribution is 2.34. The number of benzene rings is 2. The van der Waals surface area contributed by atoms with Gasteiger partial charge in [0.25, 0.3) is 5.91 Å². The molecule has 7 nitrogen and oxygen atoms in total. The molecule has 0 unspecified atom stereocenters. The van der Waals surface area contributed by atoms with Gasteiger partial charge in [-0.2, -0.15) is 0 Å². The molecule has 0 atom stereocenters. The van der Waals surface area contributed by atoms with Gasteiger partial charge in [-0.3, -0.25) is 4.79 Å². The van der Waals surface area contributed by atoms with E-state index < -0.39 is 24.3 Å². The molecular weight excluding hydrogens is 381 g/mol. The number of carbonyl (C=O) groups excluding carboxylic acids is 2. The van der Waals surface area contributed by atoms with E-state index in [2.05, 4.69) is 5.32 Å². The van der Waals surface area contributed by atoms with E-state index in [0.29, 0.717) is 22.8 Å². The fraction of sp³-hybridized carbons (Fsp3) is 0.238. The predicted octanol–water partition coefficient (Wildman–Crippen LogP) is 2.72.